The van der Waals surface area contributed by atoms with Crippen LogP contribution >= 0.6 is 0 Å². The van der Waals surface area contributed by atoms with Gasteiger partial charge in [0.15, 0.2) is 0 Å². The predicted molar refractivity (Wildman–Crippen MR) is 28.1 cm³/mol. The van der Waals surface area contributed by atoms with Gasteiger partial charge < -0.3 is 10.1 Å². The SMILES string of the molecule is FC(F)(F)C1CO[CH]CN1. The maximum atomic E-state index is 11.8. The van der Waals surface area contributed by atoms with Crippen LogP contribution in [0.5, 0.6) is 0 Å². The van der Waals surface area contributed by atoms with Gasteiger partial charge in [-0.2, -0.15) is 13.2 Å². The Morgan fingerprint density at radius 1 is 1.50 bits per heavy atom. The molecule has 1 radical (unpaired) electrons. The largest absolute Gasteiger partial charge is 0.406 e. The van der Waals surface area contributed by atoms with Gasteiger partial charge in [0.05, 0.1) is 13.2 Å². The molecule has 1 fully saturated rings. The molecule has 0 aromatic rings. The molecule has 0 bridgehead atoms. The van der Waals surface area contributed by atoms with Crippen LogP contribution in [0.4, 0.5) is 13.2 Å². The van der Waals surface area contributed by atoms with Gasteiger partial charge in [-0.05, 0) is 0 Å². The summed E-state index contributed by atoms with van der Waals surface area (Å²) in [5, 5.41) is 2.25. The molecule has 1 rings (SSSR count). The smallest absolute Gasteiger partial charge is 0.372 e. The molecule has 1 unspecified atom stereocenters. The van der Waals surface area contributed by atoms with Crippen molar-refractivity contribution in [2.75, 3.05) is 13.2 Å². The van der Waals surface area contributed by atoms with Crippen LogP contribution < -0.4 is 5.32 Å². The molecule has 5 heteroatoms. The summed E-state index contributed by atoms with van der Waals surface area (Å²) in [4.78, 5) is 0. The summed E-state index contributed by atoms with van der Waals surface area (Å²) in [7, 11) is 0. The number of hydrogen-bond donors (Lipinski definition) is 1. The molecule has 0 spiro atoms. The summed E-state index contributed by atoms with van der Waals surface area (Å²) < 4.78 is 39.9. The fourth-order valence-electron chi connectivity index (χ4n) is 0.683. The van der Waals surface area contributed by atoms with Crippen molar-refractivity contribution in [1.29, 1.82) is 0 Å². The van der Waals surface area contributed by atoms with Gasteiger partial charge in [0.1, 0.15) is 6.04 Å². The quantitative estimate of drug-likeness (QED) is 0.554. The minimum atomic E-state index is -4.19. The van der Waals surface area contributed by atoms with Crippen molar-refractivity contribution in [1.82, 2.24) is 5.32 Å². The van der Waals surface area contributed by atoms with Gasteiger partial charge in [-0.15, -0.1) is 0 Å². The topological polar surface area (TPSA) is 21.3 Å². The summed E-state index contributed by atoms with van der Waals surface area (Å²) in [5.74, 6) is 0. The molecule has 2 nitrogen and oxygen atoms in total. The van der Waals surface area contributed by atoms with E-state index in [0.717, 1.165) is 0 Å². The van der Waals surface area contributed by atoms with Gasteiger partial charge in [0, 0.05) is 6.54 Å². The first-order chi connectivity index (χ1) is 4.61. The number of nitrogens with one attached hydrogen (secondary N) is 1. The third-order valence-electron chi connectivity index (χ3n) is 1.22. The van der Waals surface area contributed by atoms with E-state index in [2.05, 4.69) is 10.1 Å². The highest BCUT2D eigenvalue weighted by Gasteiger charge is 2.40. The van der Waals surface area contributed by atoms with Crippen LogP contribution in [0.15, 0.2) is 0 Å². The average molecular weight is 154 g/mol. The fraction of sp³-hybridized carbons (Fsp3) is 0.800. The molecular weight excluding hydrogens is 147 g/mol. The van der Waals surface area contributed by atoms with Crippen molar-refractivity contribution in [3.63, 3.8) is 0 Å². The van der Waals surface area contributed by atoms with Crippen LogP contribution in [0.25, 0.3) is 0 Å². The maximum absolute atomic E-state index is 11.8. The van der Waals surface area contributed by atoms with Crippen molar-refractivity contribution in [3.05, 3.63) is 6.61 Å². The van der Waals surface area contributed by atoms with E-state index in [0.29, 0.717) is 0 Å². The Hall–Kier alpha value is -0.290. The Morgan fingerprint density at radius 3 is 2.50 bits per heavy atom. The summed E-state index contributed by atoms with van der Waals surface area (Å²) >= 11 is 0. The Labute approximate surface area is 56.4 Å². The lowest BCUT2D eigenvalue weighted by molar-refractivity contribution is -0.171. The van der Waals surface area contributed by atoms with E-state index in [-0.39, 0.29) is 13.2 Å². The molecule has 0 aromatic heterocycles. The van der Waals surface area contributed by atoms with Crippen LogP contribution in [0.1, 0.15) is 0 Å². The summed E-state index contributed by atoms with van der Waals surface area (Å²) in [5.41, 5.74) is 0. The van der Waals surface area contributed by atoms with E-state index in [4.69, 9.17) is 0 Å². The Morgan fingerprint density at radius 2 is 2.20 bits per heavy atom. The van der Waals surface area contributed by atoms with E-state index in [1.54, 1.807) is 0 Å². The van der Waals surface area contributed by atoms with Crippen molar-refractivity contribution >= 4 is 0 Å². The van der Waals surface area contributed by atoms with E-state index in [1.807, 2.05) is 0 Å². The first-order valence-electron chi connectivity index (χ1n) is 2.84. The highest BCUT2D eigenvalue weighted by atomic mass is 19.4. The first kappa shape index (κ1) is 7.81. The second-order valence-electron chi connectivity index (χ2n) is 2.00. The van der Waals surface area contributed by atoms with Crippen molar-refractivity contribution in [3.8, 4) is 0 Å². The number of rotatable bonds is 0. The number of halogens is 3. The number of hydrogen-bond acceptors (Lipinski definition) is 2. The van der Waals surface area contributed by atoms with E-state index in [1.165, 1.54) is 6.61 Å². The fourth-order valence-corrected chi connectivity index (χ4v) is 0.683. The van der Waals surface area contributed by atoms with Crippen LogP contribution in [0.3, 0.4) is 0 Å². The number of morpholine rings is 1. The third kappa shape index (κ3) is 1.85. The molecule has 1 aliphatic heterocycles. The molecule has 1 atom stereocenters. The van der Waals surface area contributed by atoms with Gasteiger partial charge in [-0.25, -0.2) is 0 Å². The van der Waals surface area contributed by atoms with Gasteiger partial charge >= 0.3 is 6.18 Å². The second kappa shape index (κ2) is 2.75. The summed E-state index contributed by atoms with van der Waals surface area (Å²) in [6, 6.07) is -1.50. The number of ether oxygens (including phenoxy) is 1. The van der Waals surface area contributed by atoms with E-state index >= 15 is 0 Å². The highest BCUT2D eigenvalue weighted by Crippen LogP contribution is 2.21. The van der Waals surface area contributed by atoms with E-state index in [9.17, 15) is 13.2 Å². The summed E-state index contributed by atoms with van der Waals surface area (Å²) in [6.45, 7) is 1.16. The zero-order valence-corrected chi connectivity index (χ0v) is 5.11. The minimum absolute atomic E-state index is 0.157. The molecule has 0 aromatic carbocycles. The van der Waals surface area contributed by atoms with E-state index < -0.39 is 12.2 Å². The standard InChI is InChI=1S/C5H7F3NO/c6-5(7,8)4-3-10-2-1-9-4/h2,4,9H,1,3H2. The molecule has 1 N–H and O–H groups in total. The molecule has 0 saturated carbocycles. The Bertz CT molecular complexity index is 108. The van der Waals surface area contributed by atoms with Crippen molar-refractivity contribution < 1.29 is 17.9 Å². The molecule has 0 amide bonds. The molecular formula is C5H7F3NO. The van der Waals surface area contributed by atoms with Gasteiger partial charge in [-0.1, -0.05) is 0 Å². The summed E-state index contributed by atoms with van der Waals surface area (Å²) in [6.07, 6.45) is -4.19. The molecule has 1 saturated heterocycles. The third-order valence-corrected chi connectivity index (χ3v) is 1.22. The van der Waals surface area contributed by atoms with Gasteiger partial charge in [0.2, 0.25) is 0 Å². The monoisotopic (exact) mass is 154 g/mol. The number of alkyl halides is 3. The molecule has 59 valence electrons. The van der Waals surface area contributed by atoms with Crippen LogP contribution in [0.2, 0.25) is 0 Å². The van der Waals surface area contributed by atoms with Crippen LogP contribution in [-0.2, 0) is 4.74 Å². The zero-order chi connectivity index (χ0) is 7.61. The Kier molecular flexibility index (Phi) is 2.15. The lowest BCUT2D eigenvalue weighted by Crippen LogP contribution is -2.49. The molecule has 1 heterocycles. The van der Waals surface area contributed by atoms with Crippen LogP contribution in [-0.4, -0.2) is 25.4 Å². The first-order valence-corrected chi connectivity index (χ1v) is 2.84. The van der Waals surface area contributed by atoms with Gasteiger partial charge in [-0.3, -0.25) is 0 Å². The van der Waals surface area contributed by atoms with Crippen LogP contribution in [0, 0.1) is 6.61 Å². The Balaban J connectivity index is 2.39. The van der Waals surface area contributed by atoms with Crippen molar-refractivity contribution in [2.24, 2.45) is 0 Å². The predicted octanol–water partition coefficient (Wildman–Crippen LogP) is 0.699. The minimum Gasteiger partial charge on any atom is -0.372 e. The van der Waals surface area contributed by atoms with Gasteiger partial charge in [0.25, 0.3) is 0 Å². The lowest BCUT2D eigenvalue weighted by atomic mass is 10.3. The lowest BCUT2D eigenvalue weighted by Gasteiger charge is -2.25. The average Bonchev–Trinajstić information content (AvgIpc) is 1.88. The normalized spacial score (nSPS) is 28.5. The highest BCUT2D eigenvalue weighted by molar-refractivity contribution is 4.80. The molecule has 10 heavy (non-hydrogen) atoms. The molecule has 1 aliphatic rings. The van der Waals surface area contributed by atoms with Crippen molar-refractivity contribution in [2.45, 2.75) is 12.2 Å². The molecule has 0 aliphatic carbocycles. The zero-order valence-electron chi connectivity index (χ0n) is 5.11. The second-order valence-corrected chi connectivity index (χ2v) is 2.00. The maximum Gasteiger partial charge on any atom is 0.406 e.